The first-order chi connectivity index (χ1) is 11.2. The van der Waals surface area contributed by atoms with Crippen LogP contribution in [0.2, 0.25) is 0 Å². The summed E-state index contributed by atoms with van der Waals surface area (Å²) in [7, 11) is 0. The molecule has 1 unspecified atom stereocenters. The molecule has 0 fully saturated rings. The van der Waals surface area contributed by atoms with Crippen molar-refractivity contribution in [2.75, 3.05) is 5.75 Å². The van der Waals surface area contributed by atoms with Crippen molar-refractivity contribution in [3.05, 3.63) is 66.4 Å². The predicted molar refractivity (Wildman–Crippen MR) is 94.4 cm³/mol. The van der Waals surface area contributed by atoms with Gasteiger partial charge in [0.1, 0.15) is 11.3 Å². The molecule has 23 heavy (non-hydrogen) atoms. The minimum absolute atomic E-state index is 0.0499. The number of hydrogen-bond donors (Lipinski definition) is 1. The van der Waals surface area contributed by atoms with Gasteiger partial charge in [-0.2, -0.15) is 0 Å². The van der Waals surface area contributed by atoms with Crippen molar-refractivity contribution in [3.8, 4) is 0 Å². The molecule has 0 aliphatic heterocycles. The molecule has 0 bridgehead atoms. The molecule has 0 aliphatic rings. The fourth-order valence-electron chi connectivity index (χ4n) is 2.29. The molecule has 0 radical (unpaired) electrons. The van der Waals surface area contributed by atoms with Gasteiger partial charge in [-0.25, -0.2) is 0 Å². The zero-order valence-corrected chi connectivity index (χ0v) is 13.8. The zero-order valence-electron chi connectivity index (χ0n) is 13.0. The number of carbonyl (C=O) groups is 1. The SMILES string of the molecule is CC(CSc1ccccc1)C(=O)NCc1cc2ccccc2o1. The summed E-state index contributed by atoms with van der Waals surface area (Å²) >= 11 is 1.70. The number of hydrogen-bond acceptors (Lipinski definition) is 3. The van der Waals surface area contributed by atoms with Crippen LogP contribution in [0.3, 0.4) is 0 Å². The first kappa shape index (κ1) is 15.7. The largest absolute Gasteiger partial charge is 0.459 e. The van der Waals surface area contributed by atoms with Gasteiger partial charge in [-0.05, 0) is 24.3 Å². The number of rotatable bonds is 6. The van der Waals surface area contributed by atoms with E-state index in [0.29, 0.717) is 6.54 Å². The van der Waals surface area contributed by atoms with Crippen LogP contribution >= 0.6 is 11.8 Å². The molecule has 3 aromatic rings. The Morgan fingerprint density at radius 3 is 2.65 bits per heavy atom. The Hall–Kier alpha value is -2.20. The molecule has 1 N–H and O–H groups in total. The van der Waals surface area contributed by atoms with Crippen LogP contribution in [0.15, 0.2) is 70.0 Å². The van der Waals surface area contributed by atoms with E-state index in [9.17, 15) is 4.79 Å². The molecule has 0 aliphatic carbocycles. The molecular formula is C19H19NO2S. The fraction of sp³-hybridized carbons (Fsp3) is 0.211. The Kier molecular flexibility index (Phi) is 5.03. The lowest BCUT2D eigenvalue weighted by Crippen LogP contribution is -2.29. The van der Waals surface area contributed by atoms with Gasteiger partial charge in [0, 0.05) is 22.0 Å². The van der Waals surface area contributed by atoms with Crippen LogP contribution in [0.1, 0.15) is 12.7 Å². The van der Waals surface area contributed by atoms with Gasteiger partial charge in [-0.15, -0.1) is 11.8 Å². The minimum Gasteiger partial charge on any atom is -0.459 e. The number of benzene rings is 2. The van der Waals surface area contributed by atoms with Gasteiger partial charge in [0.25, 0.3) is 0 Å². The van der Waals surface area contributed by atoms with E-state index in [1.807, 2.05) is 55.5 Å². The Morgan fingerprint density at radius 1 is 1.13 bits per heavy atom. The summed E-state index contributed by atoms with van der Waals surface area (Å²) in [5.74, 6) is 1.54. The van der Waals surface area contributed by atoms with Crippen LogP contribution in [-0.2, 0) is 11.3 Å². The molecular weight excluding hydrogens is 306 g/mol. The topological polar surface area (TPSA) is 42.2 Å². The summed E-state index contributed by atoms with van der Waals surface area (Å²) in [6, 6.07) is 20.0. The number of para-hydroxylation sites is 1. The summed E-state index contributed by atoms with van der Waals surface area (Å²) < 4.78 is 5.71. The first-order valence-corrected chi connectivity index (χ1v) is 8.64. The van der Waals surface area contributed by atoms with E-state index in [1.54, 1.807) is 11.8 Å². The van der Waals surface area contributed by atoms with Gasteiger partial charge in [-0.3, -0.25) is 4.79 Å². The highest BCUT2D eigenvalue weighted by Gasteiger charge is 2.14. The van der Waals surface area contributed by atoms with Crippen molar-refractivity contribution in [1.82, 2.24) is 5.32 Å². The van der Waals surface area contributed by atoms with Crippen LogP contribution in [0.25, 0.3) is 11.0 Å². The Bertz CT molecular complexity index is 749. The van der Waals surface area contributed by atoms with Crippen LogP contribution in [0, 0.1) is 5.92 Å². The number of fused-ring (bicyclic) bond motifs is 1. The second-order valence-corrected chi connectivity index (χ2v) is 6.59. The average molecular weight is 325 g/mol. The maximum absolute atomic E-state index is 12.2. The van der Waals surface area contributed by atoms with E-state index < -0.39 is 0 Å². The van der Waals surface area contributed by atoms with Crippen molar-refractivity contribution in [3.63, 3.8) is 0 Å². The number of nitrogens with one attached hydrogen (secondary N) is 1. The minimum atomic E-state index is -0.0513. The smallest absolute Gasteiger partial charge is 0.224 e. The highest BCUT2D eigenvalue weighted by Crippen LogP contribution is 2.21. The highest BCUT2D eigenvalue weighted by atomic mass is 32.2. The average Bonchev–Trinajstić information content (AvgIpc) is 3.01. The third kappa shape index (κ3) is 4.17. The fourth-order valence-corrected chi connectivity index (χ4v) is 3.23. The van der Waals surface area contributed by atoms with Gasteiger partial charge in [-0.1, -0.05) is 43.3 Å². The van der Waals surface area contributed by atoms with Crippen LogP contribution < -0.4 is 5.32 Å². The molecule has 1 heterocycles. The molecule has 0 saturated carbocycles. The molecule has 1 atom stereocenters. The monoisotopic (exact) mass is 325 g/mol. The van der Waals surface area contributed by atoms with Gasteiger partial charge in [0.15, 0.2) is 0 Å². The van der Waals surface area contributed by atoms with E-state index in [1.165, 1.54) is 4.90 Å². The van der Waals surface area contributed by atoms with Crippen molar-refractivity contribution in [2.45, 2.75) is 18.4 Å². The summed E-state index contributed by atoms with van der Waals surface area (Å²) in [5, 5.41) is 4.01. The Labute approximate surface area is 140 Å². The lowest BCUT2D eigenvalue weighted by Gasteiger charge is -2.11. The van der Waals surface area contributed by atoms with Crippen LogP contribution in [0.4, 0.5) is 0 Å². The standard InChI is InChI=1S/C19H19NO2S/c1-14(13-23-17-8-3-2-4-9-17)19(21)20-12-16-11-15-7-5-6-10-18(15)22-16/h2-11,14H,12-13H2,1H3,(H,20,21). The number of carbonyl (C=O) groups excluding carboxylic acids is 1. The lowest BCUT2D eigenvalue weighted by atomic mass is 10.2. The van der Waals surface area contributed by atoms with E-state index in [-0.39, 0.29) is 11.8 Å². The third-order valence-corrected chi connectivity index (χ3v) is 4.88. The number of thioether (sulfide) groups is 1. The summed E-state index contributed by atoms with van der Waals surface area (Å²) in [6.45, 7) is 2.37. The number of furan rings is 1. The van der Waals surface area contributed by atoms with Crippen molar-refractivity contribution >= 4 is 28.6 Å². The molecule has 4 heteroatoms. The van der Waals surface area contributed by atoms with Crippen molar-refractivity contribution in [1.29, 1.82) is 0 Å². The van der Waals surface area contributed by atoms with Gasteiger partial charge in [0.05, 0.1) is 6.54 Å². The van der Waals surface area contributed by atoms with E-state index in [4.69, 9.17) is 4.42 Å². The summed E-state index contributed by atoms with van der Waals surface area (Å²) in [6.07, 6.45) is 0. The second kappa shape index (κ2) is 7.38. The van der Waals surface area contributed by atoms with Gasteiger partial charge >= 0.3 is 0 Å². The van der Waals surface area contributed by atoms with Crippen molar-refractivity contribution in [2.24, 2.45) is 5.92 Å². The third-order valence-electron chi connectivity index (χ3n) is 3.60. The van der Waals surface area contributed by atoms with E-state index in [2.05, 4.69) is 17.4 Å². The van der Waals surface area contributed by atoms with E-state index in [0.717, 1.165) is 22.5 Å². The molecule has 0 spiro atoms. The molecule has 118 valence electrons. The molecule has 0 saturated heterocycles. The zero-order chi connectivity index (χ0) is 16.1. The normalized spacial score (nSPS) is 12.2. The van der Waals surface area contributed by atoms with Gasteiger partial charge in [0.2, 0.25) is 5.91 Å². The van der Waals surface area contributed by atoms with Crippen molar-refractivity contribution < 1.29 is 9.21 Å². The predicted octanol–water partition coefficient (Wildman–Crippen LogP) is 4.48. The Morgan fingerprint density at radius 2 is 1.87 bits per heavy atom. The Balaban J connectivity index is 1.50. The molecule has 1 aromatic heterocycles. The quantitative estimate of drug-likeness (QED) is 0.680. The molecule has 2 aromatic carbocycles. The molecule has 1 amide bonds. The van der Waals surface area contributed by atoms with E-state index >= 15 is 0 Å². The second-order valence-electron chi connectivity index (χ2n) is 5.49. The van der Waals surface area contributed by atoms with Gasteiger partial charge < -0.3 is 9.73 Å². The molecule has 3 rings (SSSR count). The summed E-state index contributed by atoms with van der Waals surface area (Å²) in [4.78, 5) is 13.4. The van der Waals surface area contributed by atoms with Crippen LogP contribution in [-0.4, -0.2) is 11.7 Å². The highest BCUT2D eigenvalue weighted by molar-refractivity contribution is 7.99. The first-order valence-electron chi connectivity index (χ1n) is 7.65. The maximum atomic E-state index is 12.2. The summed E-state index contributed by atoms with van der Waals surface area (Å²) in [5.41, 5.74) is 0.851. The number of amides is 1. The molecule has 3 nitrogen and oxygen atoms in total. The maximum Gasteiger partial charge on any atom is 0.224 e. The lowest BCUT2D eigenvalue weighted by molar-refractivity contribution is -0.124. The van der Waals surface area contributed by atoms with Crippen LogP contribution in [0.5, 0.6) is 0 Å².